The third-order valence-corrected chi connectivity index (χ3v) is 5.60. The molecule has 0 bridgehead atoms. The number of benzene rings is 3. The molecule has 0 aliphatic heterocycles. The van der Waals surface area contributed by atoms with Gasteiger partial charge >= 0.3 is 11.8 Å². The van der Waals surface area contributed by atoms with Crippen molar-refractivity contribution in [3.8, 4) is 11.5 Å². The first-order valence-corrected chi connectivity index (χ1v) is 11.4. The maximum atomic E-state index is 12.2. The molecule has 0 saturated carbocycles. The van der Waals surface area contributed by atoms with Gasteiger partial charge in [-0.1, -0.05) is 39.7 Å². The molecular formula is C25H23BrClN3O4. The third-order valence-electron chi connectivity index (χ3n) is 4.86. The number of methoxy groups -OCH3 is 1. The number of hydrogen-bond donors (Lipinski definition) is 2. The predicted molar refractivity (Wildman–Crippen MR) is 137 cm³/mol. The summed E-state index contributed by atoms with van der Waals surface area (Å²) >= 11 is 9.27. The molecule has 3 aromatic rings. The number of rotatable bonds is 7. The highest BCUT2D eigenvalue weighted by atomic mass is 79.9. The maximum Gasteiger partial charge on any atom is 0.329 e. The van der Waals surface area contributed by atoms with Crippen molar-refractivity contribution < 1.29 is 19.1 Å². The van der Waals surface area contributed by atoms with Gasteiger partial charge in [-0.15, -0.1) is 0 Å². The van der Waals surface area contributed by atoms with Crippen LogP contribution in [0.3, 0.4) is 0 Å². The first kappa shape index (κ1) is 25.3. The largest absolute Gasteiger partial charge is 0.493 e. The van der Waals surface area contributed by atoms with Gasteiger partial charge in [0.2, 0.25) is 0 Å². The van der Waals surface area contributed by atoms with Crippen molar-refractivity contribution in [2.24, 2.45) is 5.10 Å². The second-order valence-corrected chi connectivity index (χ2v) is 8.68. The lowest BCUT2D eigenvalue weighted by Crippen LogP contribution is -2.33. The molecule has 2 amide bonds. The Kier molecular flexibility index (Phi) is 8.67. The van der Waals surface area contributed by atoms with Crippen molar-refractivity contribution in [1.29, 1.82) is 0 Å². The Bertz CT molecular complexity index is 1230. The van der Waals surface area contributed by atoms with E-state index in [0.29, 0.717) is 40.1 Å². The minimum Gasteiger partial charge on any atom is -0.493 e. The van der Waals surface area contributed by atoms with Crippen LogP contribution in [-0.4, -0.2) is 24.6 Å². The highest BCUT2D eigenvalue weighted by molar-refractivity contribution is 9.10. The molecule has 0 saturated heterocycles. The zero-order valence-electron chi connectivity index (χ0n) is 18.8. The van der Waals surface area contributed by atoms with E-state index in [-0.39, 0.29) is 0 Å². The lowest BCUT2D eigenvalue weighted by atomic mass is 10.1. The highest BCUT2D eigenvalue weighted by Crippen LogP contribution is 2.29. The molecule has 2 N–H and O–H groups in total. The summed E-state index contributed by atoms with van der Waals surface area (Å²) in [5.74, 6) is -0.625. The number of carbonyl (C=O) groups excluding carboxylic acids is 2. The number of aryl methyl sites for hydroxylation is 1. The van der Waals surface area contributed by atoms with Crippen molar-refractivity contribution in [2.75, 3.05) is 12.4 Å². The summed E-state index contributed by atoms with van der Waals surface area (Å²) < 4.78 is 12.2. The van der Waals surface area contributed by atoms with E-state index in [1.165, 1.54) is 7.11 Å². The summed E-state index contributed by atoms with van der Waals surface area (Å²) in [5, 5.41) is 7.27. The lowest BCUT2D eigenvalue weighted by Gasteiger charge is -2.12. The smallest absolute Gasteiger partial charge is 0.329 e. The monoisotopic (exact) mass is 543 g/mol. The van der Waals surface area contributed by atoms with Crippen LogP contribution in [0.2, 0.25) is 5.02 Å². The normalized spacial score (nSPS) is 11.0. The zero-order valence-corrected chi connectivity index (χ0v) is 21.2. The third kappa shape index (κ3) is 6.82. The Hall–Kier alpha value is -3.36. The molecule has 0 aromatic heterocycles. The fraction of sp³-hybridized carbons (Fsp3) is 0.160. The Labute approximate surface area is 211 Å². The Morgan fingerprint density at radius 3 is 2.41 bits per heavy atom. The molecule has 0 atom stereocenters. The molecule has 0 aliphatic rings. The van der Waals surface area contributed by atoms with Gasteiger partial charge in [-0.05, 0) is 73.5 Å². The average Bonchev–Trinajstić information content (AvgIpc) is 2.83. The Morgan fingerprint density at radius 2 is 1.74 bits per heavy atom. The number of halogens is 2. The molecule has 34 heavy (non-hydrogen) atoms. The van der Waals surface area contributed by atoms with Crippen LogP contribution in [0.15, 0.2) is 70.2 Å². The van der Waals surface area contributed by atoms with Crippen molar-refractivity contribution in [2.45, 2.75) is 20.5 Å². The van der Waals surface area contributed by atoms with Crippen molar-refractivity contribution >= 4 is 50.7 Å². The maximum absolute atomic E-state index is 12.2. The first-order valence-electron chi connectivity index (χ1n) is 10.2. The molecule has 0 aliphatic carbocycles. The van der Waals surface area contributed by atoms with Crippen LogP contribution >= 0.6 is 27.5 Å². The van der Waals surface area contributed by atoms with Gasteiger partial charge in [-0.25, -0.2) is 5.43 Å². The van der Waals surface area contributed by atoms with Gasteiger partial charge in [0.25, 0.3) is 0 Å². The summed E-state index contributed by atoms with van der Waals surface area (Å²) in [5.41, 5.74) is 5.79. The standard InChI is InChI=1S/C25H23BrClN3O4/c1-15-12-19(26)7-10-21(15)28-24(31)25(32)30-29-16(2)18-6-11-22(23(13-18)33-3)34-14-17-4-8-20(27)9-5-17/h4-13H,14H2,1-3H3,(H,28,31)(H,30,32). The lowest BCUT2D eigenvalue weighted by molar-refractivity contribution is -0.136. The van der Waals surface area contributed by atoms with E-state index >= 15 is 0 Å². The second-order valence-electron chi connectivity index (χ2n) is 7.33. The summed E-state index contributed by atoms with van der Waals surface area (Å²) in [6, 6.07) is 18.0. The van der Waals surface area contributed by atoms with Gasteiger partial charge in [0.15, 0.2) is 11.5 Å². The quantitative estimate of drug-likeness (QED) is 0.234. The first-order chi connectivity index (χ1) is 16.3. The van der Waals surface area contributed by atoms with E-state index in [2.05, 4.69) is 31.8 Å². The van der Waals surface area contributed by atoms with Gasteiger partial charge in [-0.3, -0.25) is 9.59 Å². The molecule has 0 radical (unpaired) electrons. The molecule has 176 valence electrons. The van der Waals surface area contributed by atoms with E-state index in [1.807, 2.05) is 25.1 Å². The van der Waals surface area contributed by atoms with Crippen LogP contribution in [0.5, 0.6) is 11.5 Å². The topological polar surface area (TPSA) is 89.0 Å². The fourth-order valence-corrected chi connectivity index (χ4v) is 3.55. The van der Waals surface area contributed by atoms with Crippen LogP contribution in [0.25, 0.3) is 0 Å². The number of hydrogen-bond acceptors (Lipinski definition) is 5. The molecule has 3 aromatic carbocycles. The van der Waals surface area contributed by atoms with Crippen LogP contribution in [0.4, 0.5) is 5.69 Å². The second kappa shape index (κ2) is 11.7. The van der Waals surface area contributed by atoms with E-state index in [0.717, 1.165) is 15.6 Å². The minimum absolute atomic E-state index is 0.350. The summed E-state index contributed by atoms with van der Waals surface area (Å²) in [6.07, 6.45) is 0. The zero-order chi connectivity index (χ0) is 24.7. The van der Waals surface area contributed by atoms with Crippen molar-refractivity contribution in [3.05, 3.63) is 86.8 Å². The summed E-state index contributed by atoms with van der Waals surface area (Å²) in [4.78, 5) is 24.4. The van der Waals surface area contributed by atoms with Gasteiger partial charge in [0.1, 0.15) is 6.61 Å². The van der Waals surface area contributed by atoms with Gasteiger partial charge in [0.05, 0.1) is 12.8 Å². The summed E-state index contributed by atoms with van der Waals surface area (Å²) in [7, 11) is 1.54. The van der Waals surface area contributed by atoms with E-state index < -0.39 is 11.8 Å². The van der Waals surface area contributed by atoms with Crippen LogP contribution in [0, 0.1) is 6.92 Å². The molecule has 9 heteroatoms. The fourth-order valence-electron chi connectivity index (χ4n) is 2.95. The number of hydrazone groups is 1. The Balaban J connectivity index is 1.62. The number of nitrogens with one attached hydrogen (secondary N) is 2. The van der Waals surface area contributed by atoms with Crippen LogP contribution in [-0.2, 0) is 16.2 Å². The SMILES string of the molecule is COc1cc(C(C)=NNC(=O)C(=O)Nc2ccc(Br)cc2C)ccc1OCc1ccc(Cl)cc1. The van der Waals surface area contributed by atoms with E-state index in [4.69, 9.17) is 21.1 Å². The van der Waals surface area contributed by atoms with E-state index in [1.54, 1.807) is 49.4 Å². The summed E-state index contributed by atoms with van der Waals surface area (Å²) in [6.45, 7) is 3.89. The predicted octanol–water partition coefficient (Wildman–Crippen LogP) is 5.48. The van der Waals surface area contributed by atoms with Crippen molar-refractivity contribution in [1.82, 2.24) is 5.43 Å². The number of carbonyl (C=O) groups is 2. The molecular weight excluding hydrogens is 522 g/mol. The van der Waals surface area contributed by atoms with Crippen LogP contribution in [0.1, 0.15) is 23.6 Å². The van der Waals surface area contributed by atoms with E-state index in [9.17, 15) is 9.59 Å². The van der Waals surface area contributed by atoms with Gasteiger partial charge in [0, 0.05) is 20.7 Å². The minimum atomic E-state index is -0.878. The molecule has 3 rings (SSSR count). The number of nitrogens with zero attached hydrogens (tertiary/aromatic N) is 1. The number of ether oxygens (including phenoxy) is 2. The number of anilines is 1. The van der Waals surface area contributed by atoms with Gasteiger partial charge < -0.3 is 14.8 Å². The van der Waals surface area contributed by atoms with Crippen LogP contribution < -0.4 is 20.2 Å². The molecule has 0 fully saturated rings. The Morgan fingerprint density at radius 1 is 1.00 bits per heavy atom. The molecule has 0 spiro atoms. The molecule has 7 nitrogen and oxygen atoms in total. The number of amides is 2. The van der Waals surface area contributed by atoms with Crippen molar-refractivity contribution in [3.63, 3.8) is 0 Å². The molecule has 0 heterocycles. The highest BCUT2D eigenvalue weighted by Gasteiger charge is 2.15. The van der Waals surface area contributed by atoms with Gasteiger partial charge in [-0.2, -0.15) is 5.10 Å². The molecule has 0 unspecified atom stereocenters. The average molecular weight is 545 g/mol.